The minimum Gasteiger partial charge on any atom is -0.507 e. The van der Waals surface area contributed by atoms with Gasteiger partial charge in [-0.05, 0) is 134 Å². The Labute approximate surface area is 362 Å². The zero-order chi connectivity index (χ0) is 45.9. The molecule has 0 radical (unpaired) electrons. The smallest absolute Gasteiger partial charge is 0.149 e. The molecule has 0 amide bonds. The third kappa shape index (κ3) is 7.79. The predicted molar refractivity (Wildman–Crippen MR) is 253 cm³/mol. The molecule has 0 spiro atoms. The summed E-state index contributed by atoms with van der Waals surface area (Å²) < 4.78 is 37.1. The van der Waals surface area contributed by atoms with E-state index in [-0.39, 0.29) is 28.6 Å². The van der Waals surface area contributed by atoms with E-state index in [2.05, 4.69) is 97.0 Å². The molecule has 302 valence electrons. The van der Waals surface area contributed by atoms with Crippen molar-refractivity contribution in [2.24, 2.45) is 0 Å². The monoisotopic (exact) mass is 791 g/mol. The van der Waals surface area contributed by atoms with Gasteiger partial charge in [-0.25, -0.2) is 4.98 Å². The first-order valence-electron chi connectivity index (χ1n) is 23.0. The molecule has 0 saturated heterocycles. The molecule has 0 atom stereocenters. The van der Waals surface area contributed by atoms with Gasteiger partial charge in [0.15, 0.2) is 0 Å². The minimum absolute atomic E-state index is 0.0225. The van der Waals surface area contributed by atoms with Crippen molar-refractivity contribution in [1.29, 1.82) is 0 Å². The van der Waals surface area contributed by atoms with E-state index in [1.165, 1.54) is 0 Å². The predicted octanol–water partition coefficient (Wildman–Crippen LogP) is 15.4. The first-order valence-corrected chi connectivity index (χ1v) is 21.0. The summed E-state index contributed by atoms with van der Waals surface area (Å²) in [6.45, 7) is 16.3. The van der Waals surface area contributed by atoms with E-state index in [1.54, 1.807) is 6.07 Å². The fourth-order valence-electron chi connectivity index (χ4n) is 8.05. The van der Waals surface area contributed by atoms with Crippen molar-refractivity contribution in [2.45, 2.75) is 92.3 Å². The maximum atomic E-state index is 12.2. The number of phenolic OH excluding ortho intramolecular Hbond substituents is 1. The van der Waals surface area contributed by atoms with E-state index in [4.69, 9.17) is 15.5 Å². The lowest BCUT2D eigenvalue weighted by molar-refractivity contribution is 0.466. The number of benzene rings is 6. The van der Waals surface area contributed by atoms with Crippen molar-refractivity contribution in [1.82, 2.24) is 14.5 Å². The highest BCUT2D eigenvalue weighted by molar-refractivity contribution is 5.97. The lowest BCUT2D eigenvalue weighted by Gasteiger charge is -2.22. The molecule has 60 heavy (non-hydrogen) atoms. The highest BCUT2D eigenvalue weighted by Gasteiger charge is 2.25. The normalized spacial score (nSPS) is 13.4. The average Bonchev–Trinajstić information content (AvgIpc) is 3.65. The highest BCUT2D eigenvalue weighted by atomic mass is 16.3. The number of pyridine rings is 1. The lowest BCUT2D eigenvalue weighted by atomic mass is 9.83. The number of aromatic hydroxyl groups is 1. The molecule has 0 saturated carbocycles. The van der Waals surface area contributed by atoms with E-state index in [1.807, 2.05) is 103 Å². The number of aryl methyl sites for hydroxylation is 1. The summed E-state index contributed by atoms with van der Waals surface area (Å²) in [5.41, 5.74) is 13.7. The van der Waals surface area contributed by atoms with Crippen LogP contribution in [-0.2, 0) is 5.41 Å². The van der Waals surface area contributed by atoms with E-state index in [9.17, 15) is 5.11 Å². The number of nitrogens with zero attached hydrogens (tertiary/aromatic N) is 3. The van der Waals surface area contributed by atoms with E-state index in [0.717, 1.165) is 66.9 Å². The Morgan fingerprint density at radius 1 is 0.617 bits per heavy atom. The average molecular weight is 792 g/mol. The number of rotatable bonds is 9. The van der Waals surface area contributed by atoms with Gasteiger partial charge in [0.25, 0.3) is 0 Å². The van der Waals surface area contributed by atoms with Gasteiger partial charge in [-0.2, -0.15) is 0 Å². The van der Waals surface area contributed by atoms with Gasteiger partial charge in [0.1, 0.15) is 11.6 Å². The Balaban J connectivity index is 1.39. The van der Waals surface area contributed by atoms with Gasteiger partial charge in [0.2, 0.25) is 0 Å². The third-order valence-corrected chi connectivity index (χ3v) is 11.7. The standard InChI is InChI=1S/C56H57N3O/c1-34(2)38-19-21-40(22-20-38)42-25-26-57-50(33-42)45-28-44(29-46(30-45)56(8,9)10)47-17-14-18-52-53(47)58-55(49-32-43(35(3)4)31-48(36(5)6)54(49)60)59(52)51-24-23-41(27-37(51)7)39-15-12-11-13-16-39/h11-36,60H,1-10H3/i7D3,34D. The topological polar surface area (TPSA) is 50.9 Å². The molecule has 0 aliphatic heterocycles. The zero-order valence-electron chi connectivity index (χ0n) is 40.2. The number of aromatic nitrogens is 3. The summed E-state index contributed by atoms with van der Waals surface area (Å²) >= 11 is 0. The van der Waals surface area contributed by atoms with Crippen LogP contribution < -0.4 is 0 Å². The summed E-state index contributed by atoms with van der Waals surface area (Å²) in [6, 6.07) is 44.5. The van der Waals surface area contributed by atoms with E-state index in [0.29, 0.717) is 28.1 Å². The van der Waals surface area contributed by atoms with Gasteiger partial charge in [-0.1, -0.05) is 147 Å². The fourth-order valence-corrected chi connectivity index (χ4v) is 8.05. The number of para-hydroxylation sites is 1. The van der Waals surface area contributed by atoms with Crippen LogP contribution in [0.4, 0.5) is 0 Å². The molecule has 0 aliphatic rings. The summed E-state index contributed by atoms with van der Waals surface area (Å²) in [6.07, 6.45) is 1.85. The zero-order valence-corrected chi connectivity index (χ0v) is 36.2. The van der Waals surface area contributed by atoms with Crippen LogP contribution in [0, 0.1) is 6.85 Å². The Bertz CT molecular complexity index is 3000. The molecule has 2 aromatic heterocycles. The largest absolute Gasteiger partial charge is 0.507 e. The molecule has 8 aromatic rings. The molecule has 0 aliphatic carbocycles. The van der Waals surface area contributed by atoms with Crippen molar-refractivity contribution in [2.75, 3.05) is 0 Å². The molecule has 0 fully saturated rings. The molecule has 8 rings (SSSR count). The van der Waals surface area contributed by atoms with Crippen molar-refractivity contribution in [3.63, 3.8) is 0 Å². The van der Waals surface area contributed by atoms with Crippen molar-refractivity contribution in [3.05, 3.63) is 167 Å². The van der Waals surface area contributed by atoms with Crippen molar-refractivity contribution in [3.8, 4) is 67.5 Å². The van der Waals surface area contributed by atoms with Crippen molar-refractivity contribution < 1.29 is 10.6 Å². The number of imidazole rings is 1. The Kier molecular flexibility index (Phi) is 9.55. The summed E-state index contributed by atoms with van der Waals surface area (Å²) in [7, 11) is 0. The molecule has 1 N–H and O–H groups in total. The molecule has 4 heteroatoms. The summed E-state index contributed by atoms with van der Waals surface area (Å²) in [5, 5.41) is 12.2. The SMILES string of the molecule is [2H]C([2H])([2H])c1cc(-c2ccccc2)ccc1-n1c(-c2cc(C(C)C)cc(C(C)C)c2O)nc2c(-c3cc(-c4cc(-c5ccc(C([2H])(C)C)cc5)ccn4)cc(C(C)(C)C)c3)cccc21. The molecule has 6 aromatic carbocycles. The second kappa shape index (κ2) is 16.1. The van der Waals surface area contributed by atoms with Crippen LogP contribution in [0.5, 0.6) is 5.75 Å². The van der Waals surface area contributed by atoms with Crippen LogP contribution in [0.1, 0.15) is 113 Å². The van der Waals surface area contributed by atoms with Gasteiger partial charge in [-0.15, -0.1) is 0 Å². The maximum Gasteiger partial charge on any atom is 0.149 e. The Hall–Kier alpha value is -6.26. The first kappa shape index (κ1) is 35.7. The number of hydrogen-bond acceptors (Lipinski definition) is 3. The lowest BCUT2D eigenvalue weighted by Crippen LogP contribution is -2.11. The third-order valence-electron chi connectivity index (χ3n) is 11.7. The second-order valence-electron chi connectivity index (χ2n) is 17.9. The van der Waals surface area contributed by atoms with Crippen LogP contribution in [0.15, 0.2) is 140 Å². The maximum absolute atomic E-state index is 12.2. The van der Waals surface area contributed by atoms with E-state index < -0.39 is 12.7 Å². The molecule has 2 heterocycles. The highest BCUT2D eigenvalue weighted by Crippen LogP contribution is 2.44. The molecule has 0 bridgehead atoms. The number of phenols is 1. The quantitative estimate of drug-likeness (QED) is 0.158. The number of hydrogen-bond donors (Lipinski definition) is 1. The second-order valence-corrected chi connectivity index (χ2v) is 17.9. The summed E-state index contributed by atoms with van der Waals surface area (Å²) in [5.74, 6) is 0.0903. The molecule has 0 unspecified atom stereocenters. The Morgan fingerprint density at radius 2 is 1.32 bits per heavy atom. The van der Waals surface area contributed by atoms with Gasteiger partial charge in [0, 0.05) is 22.8 Å². The Morgan fingerprint density at radius 3 is 2.00 bits per heavy atom. The van der Waals surface area contributed by atoms with Crippen molar-refractivity contribution >= 4 is 11.0 Å². The first-order chi connectivity index (χ1) is 30.2. The fraction of sp³-hybridized carbons (Fsp3) is 0.250. The van der Waals surface area contributed by atoms with E-state index >= 15 is 0 Å². The van der Waals surface area contributed by atoms with Crippen LogP contribution >= 0.6 is 0 Å². The van der Waals surface area contributed by atoms with Crippen LogP contribution in [0.2, 0.25) is 0 Å². The van der Waals surface area contributed by atoms with Gasteiger partial charge in [-0.3, -0.25) is 9.55 Å². The van der Waals surface area contributed by atoms with Gasteiger partial charge in [0.05, 0.1) is 28.0 Å². The molecular formula is C56H57N3O. The molecular weight excluding hydrogens is 731 g/mol. The minimum atomic E-state index is -2.48. The van der Waals surface area contributed by atoms with Crippen LogP contribution in [0.25, 0.3) is 72.7 Å². The van der Waals surface area contributed by atoms with Gasteiger partial charge < -0.3 is 5.11 Å². The molecule has 4 nitrogen and oxygen atoms in total. The summed E-state index contributed by atoms with van der Waals surface area (Å²) in [4.78, 5) is 10.4. The van der Waals surface area contributed by atoms with Crippen LogP contribution in [-0.4, -0.2) is 19.6 Å². The number of fused-ring (bicyclic) bond motifs is 1. The van der Waals surface area contributed by atoms with Gasteiger partial charge >= 0.3 is 0 Å². The van der Waals surface area contributed by atoms with Crippen LogP contribution in [0.3, 0.4) is 0 Å².